The number of rotatable bonds is 4. The minimum absolute atomic E-state index is 0.306. The number of aromatic nitrogens is 1. The van der Waals surface area contributed by atoms with Crippen LogP contribution in [0.3, 0.4) is 0 Å². The molecule has 2 aromatic rings. The Hall–Kier alpha value is -1.61. The van der Waals surface area contributed by atoms with Crippen LogP contribution in [0.1, 0.15) is 41.1 Å². The second-order valence-electron chi connectivity index (χ2n) is 4.95. The van der Waals surface area contributed by atoms with E-state index in [1.807, 2.05) is 13.0 Å². The second kappa shape index (κ2) is 5.36. The van der Waals surface area contributed by atoms with Crippen molar-refractivity contribution < 1.29 is 4.52 Å². The first-order valence-corrected chi connectivity index (χ1v) is 6.28. The largest absolute Gasteiger partial charge is 0.361 e. The van der Waals surface area contributed by atoms with Crippen LogP contribution in [0, 0.1) is 20.8 Å². The van der Waals surface area contributed by atoms with Crippen LogP contribution in [0.25, 0.3) is 0 Å². The Morgan fingerprint density at radius 3 is 2.33 bits per heavy atom. The maximum Gasteiger partial charge on any atom is 0.133 e. The van der Waals surface area contributed by atoms with Gasteiger partial charge in [0.2, 0.25) is 0 Å². The highest BCUT2D eigenvalue weighted by molar-refractivity contribution is 5.30. The summed E-state index contributed by atoms with van der Waals surface area (Å²) in [5.41, 5.74) is 4.86. The van der Waals surface area contributed by atoms with E-state index >= 15 is 0 Å². The molecule has 0 radical (unpaired) electrons. The van der Waals surface area contributed by atoms with E-state index in [2.05, 4.69) is 49.4 Å². The molecule has 3 heteroatoms. The van der Waals surface area contributed by atoms with E-state index in [-0.39, 0.29) is 0 Å². The summed E-state index contributed by atoms with van der Waals surface area (Å²) in [6.45, 7) is 9.06. The van der Waals surface area contributed by atoms with Crippen molar-refractivity contribution in [2.45, 2.75) is 40.3 Å². The van der Waals surface area contributed by atoms with Gasteiger partial charge >= 0.3 is 0 Å². The van der Waals surface area contributed by atoms with Crippen LogP contribution in [0.15, 0.2) is 28.8 Å². The Balaban J connectivity index is 2.01. The lowest BCUT2D eigenvalue weighted by Gasteiger charge is -2.14. The van der Waals surface area contributed by atoms with Gasteiger partial charge in [0, 0.05) is 18.7 Å². The molecule has 0 fully saturated rings. The molecule has 3 nitrogen and oxygen atoms in total. The van der Waals surface area contributed by atoms with Crippen molar-refractivity contribution >= 4 is 0 Å². The van der Waals surface area contributed by atoms with Crippen molar-refractivity contribution in [2.75, 3.05) is 0 Å². The Kier molecular flexibility index (Phi) is 3.82. The maximum atomic E-state index is 5.05. The topological polar surface area (TPSA) is 38.1 Å². The molecule has 1 atom stereocenters. The first kappa shape index (κ1) is 12.8. The minimum atomic E-state index is 0.306. The molecule has 0 spiro atoms. The molecular formula is C15H20N2O. The maximum absolute atomic E-state index is 5.05. The Bertz CT molecular complexity index is 511. The summed E-state index contributed by atoms with van der Waals surface area (Å²) in [6.07, 6.45) is 0. The van der Waals surface area contributed by atoms with Crippen molar-refractivity contribution in [3.8, 4) is 0 Å². The predicted molar refractivity (Wildman–Crippen MR) is 72.4 cm³/mol. The molecule has 18 heavy (non-hydrogen) atoms. The zero-order valence-corrected chi connectivity index (χ0v) is 11.4. The SMILES string of the molecule is Cc1cc(C)cc(C(C)NCc2cc(C)on2)c1. The van der Waals surface area contributed by atoms with Gasteiger partial charge in [0.15, 0.2) is 0 Å². The molecule has 0 aliphatic rings. The number of nitrogens with one attached hydrogen (secondary N) is 1. The summed E-state index contributed by atoms with van der Waals surface area (Å²) in [5.74, 6) is 0.853. The van der Waals surface area contributed by atoms with Crippen LogP contribution in [-0.4, -0.2) is 5.16 Å². The van der Waals surface area contributed by atoms with E-state index in [1.54, 1.807) is 0 Å². The molecule has 0 aliphatic heterocycles. The van der Waals surface area contributed by atoms with Gasteiger partial charge in [0.1, 0.15) is 5.76 Å². The number of nitrogens with zero attached hydrogens (tertiary/aromatic N) is 1. The van der Waals surface area contributed by atoms with E-state index in [0.717, 1.165) is 18.0 Å². The van der Waals surface area contributed by atoms with Crippen molar-refractivity contribution in [3.05, 3.63) is 52.4 Å². The molecule has 1 aromatic heterocycles. The fourth-order valence-electron chi connectivity index (χ4n) is 2.14. The molecule has 1 N–H and O–H groups in total. The van der Waals surface area contributed by atoms with E-state index in [0.29, 0.717) is 6.04 Å². The quantitative estimate of drug-likeness (QED) is 0.895. The third-order valence-electron chi connectivity index (χ3n) is 3.01. The molecule has 96 valence electrons. The van der Waals surface area contributed by atoms with Crippen molar-refractivity contribution in [1.29, 1.82) is 0 Å². The number of aryl methyl sites for hydroxylation is 3. The first-order chi connectivity index (χ1) is 8.54. The molecule has 0 bridgehead atoms. The molecule has 1 heterocycles. The zero-order chi connectivity index (χ0) is 13.1. The van der Waals surface area contributed by atoms with Gasteiger partial charge in [-0.15, -0.1) is 0 Å². The average molecular weight is 244 g/mol. The van der Waals surface area contributed by atoms with Crippen LogP contribution in [0.4, 0.5) is 0 Å². The zero-order valence-electron chi connectivity index (χ0n) is 11.4. The summed E-state index contributed by atoms with van der Waals surface area (Å²) < 4.78 is 5.05. The van der Waals surface area contributed by atoms with Gasteiger partial charge in [-0.1, -0.05) is 34.5 Å². The summed E-state index contributed by atoms with van der Waals surface area (Å²) in [7, 11) is 0. The minimum Gasteiger partial charge on any atom is -0.361 e. The molecule has 1 aromatic carbocycles. The van der Waals surface area contributed by atoms with Crippen LogP contribution >= 0.6 is 0 Å². The molecule has 1 unspecified atom stereocenters. The van der Waals surface area contributed by atoms with Gasteiger partial charge in [-0.05, 0) is 33.3 Å². The van der Waals surface area contributed by atoms with Crippen molar-refractivity contribution in [3.63, 3.8) is 0 Å². The Morgan fingerprint density at radius 1 is 1.11 bits per heavy atom. The normalized spacial score (nSPS) is 12.7. The summed E-state index contributed by atoms with van der Waals surface area (Å²) in [5, 5.41) is 7.44. The number of benzene rings is 1. The molecule has 0 amide bonds. The van der Waals surface area contributed by atoms with Gasteiger partial charge in [-0.2, -0.15) is 0 Å². The molecule has 0 aliphatic carbocycles. The highest BCUT2D eigenvalue weighted by atomic mass is 16.5. The average Bonchev–Trinajstić information content (AvgIpc) is 2.70. The lowest BCUT2D eigenvalue weighted by molar-refractivity contribution is 0.386. The monoisotopic (exact) mass is 244 g/mol. The van der Waals surface area contributed by atoms with Gasteiger partial charge in [-0.3, -0.25) is 0 Å². The van der Waals surface area contributed by atoms with E-state index in [4.69, 9.17) is 4.52 Å². The standard InChI is InChI=1S/C15H20N2O/c1-10-5-11(2)7-14(6-10)13(4)16-9-15-8-12(3)18-17-15/h5-8,13,16H,9H2,1-4H3. The van der Waals surface area contributed by atoms with Gasteiger partial charge < -0.3 is 9.84 Å². The second-order valence-corrected chi connectivity index (χ2v) is 4.95. The third kappa shape index (κ3) is 3.20. The number of hydrogen-bond donors (Lipinski definition) is 1. The van der Waals surface area contributed by atoms with Crippen molar-refractivity contribution in [1.82, 2.24) is 10.5 Å². The fraction of sp³-hybridized carbons (Fsp3) is 0.400. The first-order valence-electron chi connectivity index (χ1n) is 6.28. The van der Waals surface area contributed by atoms with Gasteiger partial charge in [0.05, 0.1) is 5.69 Å². The Labute approximate surface area is 108 Å². The lowest BCUT2D eigenvalue weighted by Crippen LogP contribution is -2.18. The van der Waals surface area contributed by atoms with Crippen LogP contribution in [0.5, 0.6) is 0 Å². The smallest absolute Gasteiger partial charge is 0.133 e. The van der Waals surface area contributed by atoms with Crippen molar-refractivity contribution in [2.24, 2.45) is 0 Å². The molecule has 0 saturated carbocycles. The fourth-order valence-corrected chi connectivity index (χ4v) is 2.14. The van der Waals surface area contributed by atoms with E-state index in [1.165, 1.54) is 16.7 Å². The molecule has 2 rings (SSSR count). The highest BCUT2D eigenvalue weighted by Crippen LogP contribution is 2.17. The van der Waals surface area contributed by atoms with Gasteiger partial charge in [0.25, 0.3) is 0 Å². The van der Waals surface area contributed by atoms with E-state index in [9.17, 15) is 0 Å². The predicted octanol–water partition coefficient (Wildman–Crippen LogP) is 3.45. The van der Waals surface area contributed by atoms with Crippen LogP contribution in [0.2, 0.25) is 0 Å². The summed E-state index contributed by atoms with van der Waals surface area (Å²) in [6, 6.07) is 8.90. The van der Waals surface area contributed by atoms with Crippen LogP contribution in [-0.2, 0) is 6.54 Å². The third-order valence-corrected chi connectivity index (χ3v) is 3.01. The summed E-state index contributed by atoms with van der Waals surface area (Å²) >= 11 is 0. The molecule has 0 saturated heterocycles. The summed E-state index contributed by atoms with van der Waals surface area (Å²) in [4.78, 5) is 0. The van der Waals surface area contributed by atoms with Crippen LogP contribution < -0.4 is 5.32 Å². The molecular weight excluding hydrogens is 224 g/mol. The Morgan fingerprint density at radius 2 is 1.78 bits per heavy atom. The van der Waals surface area contributed by atoms with E-state index < -0.39 is 0 Å². The van der Waals surface area contributed by atoms with Gasteiger partial charge in [-0.25, -0.2) is 0 Å². The number of hydrogen-bond acceptors (Lipinski definition) is 3. The lowest BCUT2D eigenvalue weighted by atomic mass is 10.0. The highest BCUT2D eigenvalue weighted by Gasteiger charge is 2.07.